The summed E-state index contributed by atoms with van der Waals surface area (Å²) in [5.74, 6) is -0.267. The van der Waals surface area contributed by atoms with Crippen molar-refractivity contribution in [2.75, 3.05) is 0 Å². The van der Waals surface area contributed by atoms with Crippen molar-refractivity contribution in [3.8, 4) is 11.1 Å². The molecule has 0 atom stereocenters. The second kappa shape index (κ2) is 4.06. The Balaban J connectivity index is 2.64. The Morgan fingerprint density at radius 2 is 2.07 bits per heavy atom. The normalized spacial score (nSPS) is 10.3. The van der Waals surface area contributed by atoms with Gasteiger partial charge in [0, 0.05) is 17.3 Å². The monoisotopic (exact) mass is 266 g/mol. The molecule has 0 radical (unpaired) electrons. The first-order valence-electron chi connectivity index (χ1n) is 4.40. The molecule has 0 spiro atoms. The van der Waals surface area contributed by atoms with Crippen molar-refractivity contribution in [1.82, 2.24) is 9.97 Å². The topological polar surface area (TPSA) is 25.8 Å². The first-order valence-corrected chi connectivity index (χ1v) is 5.20. The summed E-state index contributed by atoms with van der Waals surface area (Å²) in [6.45, 7) is 1.92. The largest absolute Gasteiger partial charge is 0.244 e. The molecule has 0 amide bonds. The predicted octanol–water partition coefficient (Wildman–Crippen LogP) is 3.35. The molecule has 0 bridgehead atoms. The third kappa shape index (κ3) is 2.04. The minimum Gasteiger partial charge on any atom is -0.244 e. The van der Waals surface area contributed by atoms with E-state index >= 15 is 0 Å². The minimum absolute atomic E-state index is 0.267. The fourth-order valence-corrected chi connectivity index (χ4v) is 1.75. The Labute approximate surface area is 95.3 Å². The van der Waals surface area contributed by atoms with E-state index < -0.39 is 0 Å². The SMILES string of the molecule is Cc1ccc(F)c(-c2cncnc2Br)c1. The summed E-state index contributed by atoms with van der Waals surface area (Å²) in [5, 5.41) is 0. The second-order valence-corrected chi connectivity index (χ2v) is 3.96. The average molecular weight is 267 g/mol. The van der Waals surface area contributed by atoms with Gasteiger partial charge in [0.2, 0.25) is 0 Å². The summed E-state index contributed by atoms with van der Waals surface area (Å²) in [4.78, 5) is 7.85. The molecular formula is C11H8BrFN2. The van der Waals surface area contributed by atoms with E-state index in [0.29, 0.717) is 15.7 Å². The van der Waals surface area contributed by atoms with Crippen molar-refractivity contribution in [1.29, 1.82) is 0 Å². The van der Waals surface area contributed by atoms with E-state index in [2.05, 4.69) is 25.9 Å². The van der Waals surface area contributed by atoms with Gasteiger partial charge in [0.15, 0.2) is 0 Å². The van der Waals surface area contributed by atoms with Crippen molar-refractivity contribution in [2.45, 2.75) is 6.92 Å². The van der Waals surface area contributed by atoms with Crippen LogP contribution in [-0.2, 0) is 0 Å². The molecule has 0 saturated heterocycles. The van der Waals surface area contributed by atoms with Gasteiger partial charge in [-0.25, -0.2) is 14.4 Å². The van der Waals surface area contributed by atoms with Crippen LogP contribution in [0.2, 0.25) is 0 Å². The molecule has 4 heteroatoms. The highest BCUT2D eigenvalue weighted by Crippen LogP contribution is 2.28. The molecule has 0 fully saturated rings. The Hall–Kier alpha value is -1.29. The molecule has 2 rings (SSSR count). The van der Waals surface area contributed by atoms with Crippen LogP contribution in [0.15, 0.2) is 35.3 Å². The minimum atomic E-state index is -0.267. The van der Waals surface area contributed by atoms with Crippen LogP contribution in [0, 0.1) is 12.7 Å². The predicted molar refractivity (Wildman–Crippen MR) is 59.9 cm³/mol. The Kier molecular flexibility index (Phi) is 2.77. The summed E-state index contributed by atoms with van der Waals surface area (Å²) < 4.78 is 14.2. The molecule has 1 aromatic heterocycles. The van der Waals surface area contributed by atoms with Gasteiger partial charge >= 0.3 is 0 Å². The number of hydrogen-bond donors (Lipinski definition) is 0. The lowest BCUT2D eigenvalue weighted by Crippen LogP contribution is -1.90. The lowest BCUT2D eigenvalue weighted by molar-refractivity contribution is 0.630. The molecule has 0 saturated carbocycles. The number of aromatic nitrogens is 2. The molecule has 1 heterocycles. The van der Waals surface area contributed by atoms with E-state index in [9.17, 15) is 4.39 Å². The van der Waals surface area contributed by atoms with E-state index in [0.717, 1.165) is 5.56 Å². The molecular weight excluding hydrogens is 259 g/mol. The van der Waals surface area contributed by atoms with Crippen LogP contribution in [0.4, 0.5) is 4.39 Å². The highest BCUT2D eigenvalue weighted by atomic mass is 79.9. The maximum Gasteiger partial charge on any atom is 0.131 e. The van der Waals surface area contributed by atoms with Gasteiger partial charge in [-0.05, 0) is 35.0 Å². The van der Waals surface area contributed by atoms with Crippen LogP contribution in [0.1, 0.15) is 5.56 Å². The van der Waals surface area contributed by atoms with Gasteiger partial charge in [0.1, 0.15) is 16.7 Å². The van der Waals surface area contributed by atoms with Crippen LogP contribution < -0.4 is 0 Å². The first kappa shape index (κ1) is 10.2. The zero-order valence-electron chi connectivity index (χ0n) is 8.04. The molecule has 0 aliphatic rings. The zero-order chi connectivity index (χ0) is 10.8. The second-order valence-electron chi connectivity index (χ2n) is 3.21. The van der Waals surface area contributed by atoms with Gasteiger partial charge in [0.05, 0.1) is 0 Å². The molecule has 0 unspecified atom stereocenters. The number of aryl methyl sites for hydroxylation is 1. The highest BCUT2D eigenvalue weighted by molar-refractivity contribution is 9.10. The number of rotatable bonds is 1. The quantitative estimate of drug-likeness (QED) is 0.740. The van der Waals surface area contributed by atoms with E-state index in [1.165, 1.54) is 12.4 Å². The van der Waals surface area contributed by atoms with Crippen molar-refractivity contribution in [3.05, 3.63) is 46.7 Å². The van der Waals surface area contributed by atoms with Gasteiger partial charge in [-0.3, -0.25) is 0 Å². The highest BCUT2D eigenvalue weighted by Gasteiger charge is 2.09. The standard InChI is InChI=1S/C11H8BrFN2/c1-7-2-3-10(13)8(4-7)9-5-14-6-15-11(9)12/h2-6H,1H3. The Morgan fingerprint density at radius 3 is 2.80 bits per heavy atom. The van der Waals surface area contributed by atoms with Crippen LogP contribution in [0.5, 0.6) is 0 Å². The van der Waals surface area contributed by atoms with E-state index in [1.807, 2.05) is 6.92 Å². The fraction of sp³-hybridized carbons (Fsp3) is 0.0909. The van der Waals surface area contributed by atoms with Gasteiger partial charge < -0.3 is 0 Å². The van der Waals surface area contributed by atoms with Gasteiger partial charge in [0.25, 0.3) is 0 Å². The lowest BCUT2D eigenvalue weighted by Gasteiger charge is -2.05. The number of hydrogen-bond acceptors (Lipinski definition) is 2. The first-order chi connectivity index (χ1) is 7.18. The summed E-state index contributed by atoms with van der Waals surface area (Å²) in [5.41, 5.74) is 2.18. The Bertz CT molecular complexity index is 500. The van der Waals surface area contributed by atoms with Gasteiger partial charge in [-0.2, -0.15) is 0 Å². The number of nitrogens with zero attached hydrogens (tertiary/aromatic N) is 2. The number of halogens is 2. The summed E-state index contributed by atoms with van der Waals surface area (Å²) in [7, 11) is 0. The molecule has 76 valence electrons. The molecule has 0 aliphatic heterocycles. The smallest absolute Gasteiger partial charge is 0.131 e. The van der Waals surface area contributed by atoms with Crippen LogP contribution in [0.25, 0.3) is 11.1 Å². The zero-order valence-corrected chi connectivity index (χ0v) is 9.62. The average Bonchev–Trinajstić information content (AvgIpc) is 2.23. The lowest BCUT2D eigenvalue weighted by atomic mass is 10.1. The third-order valence-corrected chi connectivity index (χ3v) is 2.71. The van der Waals surface area contributed by atoms with E-state index in [4.69, 9.17) is 0 Å². The van der Waals surface area contributed by atoms with Gasteiger partial charge in [-0.1, -0.05) is 11.6 Å². The van der Waals surface area contributed by atoms with E-state index in [-0.39, 0.29) is 5.82 Å². The van der Waals surface area contributed by atoms with Crippen molar-refractivity contribution < 1.29 is 4.39 Å². The third-order valence-electron chi connectivity index (χ3n) is 2.08. The summed E-state index contributed by atoms with van der Waals surface area (Å²) in [6.07, 6.45) is 3.01. The van der Waals surface area contributed by atoms with Gasteiger partial charge in [-0.15, -0.1) is 0 Å². The maximum atomic E-state index is 13.6. The molecule has 1 aromatic carbocycles. The number of benzene rings is 1. The molecule has 0 N–H and O–H groups in total. The summed E-state index contributed by atoms with van der Waals surface area (Å²) >= 11 is 3.27. The van der Waals surface area contributed by atoms with Crippen molar-refractivity contribution in [2.24, 2.45) is 0 Å². The van der Waals surface area contributed by atoms with Crippen molar-refractivity contribution in [3.63, 3.8) is 0 Å². The molecule has 2 nitrogen and oxygen atoms in total. The van der Waals surface area contributed by atoms with E-state index in [1.54, 1.807) is 18.3 Å². The summed E-state index contributed by atoms with van der Waals surface area (Å²) in [6, 6.07) is 4.96. The van der Waals surface area contributed by atoms with Crippen LogP contribution in [0.3, 0.4) is 0 Å². The molecule has 2 aromatic rings. The fourth-order valence-electron chi connectivity index (χ4n) is 1.34. The van der Waals surface area contributed by atoms with Crippen LogP contribution in [-0.4, -0.2) is 9.97 Å². The molecule has 0 aliphatic carbocycles. The van der Waals surface area contributed by atoms with Crippen molar-refractivity contribution >= 4 is 15.9 Å². The maximum absolute atomic E-state index is 13.6. The molecule has 15 heavy (non-hydrogen) atoms. The van der Waals surface area contributed by atoms with Crippen LogP contribution >= 0.6 is 15.9 Å². The Morgan fingerprint density at radius 1 is 1.27 bits per heavy atom.